The Morgan fingerprint density at radius 1 is 1.09 bits per heavy atom. The van der Waals surface area contributed by atoms with Crippen molar-refractivity contribution in [3.05, 3.63) is 35.9 Å². The van der Waals surface area contributed by atoms with E-state index in [0.29, 0.717) is 0 Å². The second kappa shape index (κ2) is 3.84. The van der Waals surface area contributed by atoms with Crippen molar-refractivity contribution in [2.24, 2.45) is 0 Å². The Morgan fingerprint density at radius 2 is 1.55 bits per heavy atom. The van der Waals surface area contributed by atoms with Crippen molar-refractivity contribution >= 4 is 0 Å². The maximum atomic E-state index is 11.8. The van der Waals surface area contributed by atoms with Crippen LogP contribution in [0.1, 0.15) is 5.56 Å². The van der Waals surface area contributed by atoms with Crippen LogP contribution in [0.25, 0.3) is 0 Å². The van der Waals surface area contributed by atoms with Crippen molar-refractivity contribution in [3.8, 4) is 0 Å². The zero-order valence-corrected chi connectivity index (χ0v) is 5.94. The third-order valence-electron chi connectivity index (χ3n) is 1.05. The predicted octanol–water partition coefficient (Wildman–Crippen LogP) is -0.490. The van der Waals surface area contributed by atoms with Gasteiger partial charge in [0.15, 0.2) is 0 Å². The van der Waals surface area contributed by atoms with Crippen molar-refractivity contribution in [2.45, 2.75) is 6.18 Å². The summed E-state index contributed by atoms with van der Waals surface area (Å²) in [6, 6.07) is 6.95. The molecular weight excluding hydrogens is 148 g/mol. The van der Waals surface area contributed by atoms with Gasteiger partial charge in [-0.2, -0.15) is 43.5 Å². The maximum absolute atomic E-state index is 11.8. The van der Waals surface area contributed by atoms with E-state index in [4.69, 9.17) is 0 Å². The quantitative estimate of drug-likeness (QED) is 0.347. The summed E-state index contributed by atoms with van der Waals surface area (Å²) in [5.41, 5.74) is -0.633. The van der Waals surface area contributed by atoms with Crippen molar-refractivity contribution in [2.75, 3.05) is 0 Å². The van der Waals surface area contributed by atoms with Gasteiger partial charge in [0, 0.05) is 0 Å². The molecule has 1 rings (SSSR count). The molecule has 0 saturated carbocycles. The van der Waals surface area contributed by atoms with Crippen LogP contribution in [0.3, 0.4) is 0 Å². The summed E-state index contributed by atoms with van der Waals surface area (Å²) in [5, 5.41) is 0. The molecule has 0 aliphatic heterocycles. The third-order valence-corrected chi connectivity index (χ3v) is 1.05. The van der Waals surface area contributed by atoms with Crippen LogP contribution in [0.5, 0.6) is 0 Å². The zero-order chi connectivity index (χ0) is 7.61. The minimum absolute atomic E-state index is 0. The molecule has 0 heterocycles. The van der Waals surface area contributed by atoms with Gasteiger partial charge in [-0.1, -0.05) is 5.56 Å². The van der Waals surface area contributed by atoms with Crippen LogP contribution in [-0.2, 0) is 6.18 Å². The van der Waals surface area contributed by atoms with Crippen LogP contribution in [0.2, 0.25) is 0 Å². The van der Waals surface area contributed by atoms with E-state index in [9.17, 15) is 13.2 Å². The molecule has 0 aromatic heterocycles. The number of rotatable bonds is 0. The average Bonchev–Trinajstić information content (AvgIpc) is 1.88. The van der Waals surface area contributed by atoms with Crippen LogP contribution < -0.4 is 18.9 Å². The minimum atomic E-state index is -4.23. The molecule has 0 aliphatic carbocycles. The smallest absolute Gasteiger partial charge is 0.184 e. The van der Waals surface area contributed by atoms with Crippen LogP contribution in [0, 0.1) is 6.07 Å². The van der Waals surface area contributed by atoms with E-state index < -0.39 is 11.7 Å². The first-order valence-corrected chi connectivity index (χ1v) is 2.64. The molecule has 0 amide bonds. The van der Waals surface area contributed by atoms with E-state index in [1.54, 1.807) is 0 Å². The van der Waals surface area contributed by atoms with E-state index >= 15 is 0 Å². The number of hydrogen-bond donors (Lipinski definition) is 0. The molecule has 0 atom stereocenters. The van der Waals surface area contributed by atoms with E-state index in [0.717, 1.165) is 12.1 Å². The zero-order valence-electron chi connectivity index (χ0n) is 5.94. The number of alkyl halides is 3. The molecule has 0 spiro atoms. The number of hydrogen-bond acceptors (Lipinski definition) is 0. The van der Waals surface area contributed by atoms with Gasteiger partial charge in [0.25, 0.3) is 0 Å². The molecule has 0 aliphatic rings. The van der Waals surface area contributed by atoms with Crippen molar-refractivity contribution in [1.29, 1.82) is 0 Å². The summed E-state index contributed by atoms with van der Waals surface area (Å²) >= 11 is 0. The largest absolute Gasteiger partial charge is 1.00 e. The Hall–Kier alpha value is -0.393. The van der Waals surface area contributed by atoms with Gasteiger partial charge in [0.2, 0.25) is 0 Å². The molecule has 4 heteroatoms. The fraction of sp³-hybridized carbons (Fsp3) is 0.143. The SMILES string of the molecule is FC(F)(F)c1cc[c-]cc1.[Li+]. The van der Waals surface area contributed by atoms with Gasteiger partial charge in [-0.25, -0.2) is 0 Å². The fourth-order valence-corrected chi connectivity index (χ4v) is 0.576. The first-order valence-electron chi connectivity index (χ1n) is 2.64. The van der Waals surface area contributed by atoms with Crippen LogP contribution in [0.4, 0.5) is 13.2 Å². The molecule has 0 fully saturated rings. The standard InChI is InChI=1S/C7H4F3.Li/c8-7(9,10)6-4-2-1-3-5-6;/h2-5H;/q-1;+1. The summed E-state index contributed by atoms with van der Waals surface area (Å²) < 4.78 is 35.3. The molecule has 0 N–H and O–H groups in total. The molecule has 1 aromatic rings. The second-order valence-corrected chi connectivity index (χ2v) is 1.79. The Bertz CT molecular complexity index is 205. The summed E-state index contributed by atoms with van der Waals surface area (Å²) in [5.74, 6) is 0. The van der Waals surface area contributed by atoms with Gasteiger partial charge in [0.1, 0.15) is 0 Å². The second-order valence-electron chi connectivity index (χ2n) is 1.79. The van der Waals surface area contributed by atoms with Crippen LogP contribution >= 0.6 is 0 Å². The molecule has 0 nitrogen and oxygen atoms in total. The summed E-state index contributed by atoms with van der Waals surface area (Å²) in [6.45, 7) is 0. The first-order chi connectivity index (χ1) is 4.61. The average molecular weight is 152 g/mol. The normalized spacial score (nSPS) is 10.5. The molecule has 0 radical (unpaired) electrons. The molecule has 54 valence electrons. The molecule has 0 unspecified atom stereocenters. The van der Waals surface area contributed by atoms with Gasteiger partial charge in [-0.15, -0.1) is 0 Å². The van der Waals surface area contributed by atoms with E-state index in [1.165, 1.54) is 12.1 Å². The van der Waals surface area contributed by atoms with Gasteiger partial charge in [-0.3, -0.25) is 0 Å². The molecule has 0 bridgehead atoms. The topological polar surface area (TPSA) is 0 Å². The van der Waals surface area contributed by atoms with Gasteiger partial charge in [-0.05, 0) is 0 Å². The van der Waals surface area contributed by atoms with E-state index in [-0.39, 0.29) is 18.9 Å². The van der Waals surface area contributed by atoms with Gasteiger partial charge in [0.05, 0.1) is 0 Å². The summed E-state index contributed by atoms with van der Waals surface area (Å²) in [4.78, 5) is 0. The van der Waals surface area contributed by atoms with E-state index in [1.807, 2.05) is 0 Å². The van der Waals surface area contributed by atoms with Gasteiger partial charge < -0.3 is 0 Å². The Morgan fingerprint density at radius 3 is 1.82 bits per heavy atom. The Kier molecular flexibility index (Phi) is 3.71. The van der Waals surface area contributed by atoms with Crippen LogP contribution in [0.15, 0.2) is 24.3 Å². The van der Waals surface area contributed by atoms with Gasteiger partial charge >= 0.3 is 25.0 Å². The number of halogens is 3. The summed E-state index contributed by atoms with van der Waals surface area (Å²) in [6.07, 6.45) is -4.23. The van der Waals surface area contributed by atoms with Crippen LogP contribution in [-0.4, -0.2) is 0 Å². The monoisotopic (exact) mass is 152 g/mol. The van der Waals surface area contributed by atoms with Crippen molar-refractivity contribution < 1.29 is 32.0 Å². The third kappa shape index (κ3) is 3.00. The Labute approximate surface area is 74.6 Å². The first kappa shape index (κ1) is 10.6. The molecule has 1 aromatic carbocycles. The van der Waals surface area contributed by atoms with Crippen molar-refractivity contribution in [3.63, 3.8) is 0 Å². The minimum Gasteiger partial charge on any atom is -0.184 e. The number of benzene rings is 1. The fourth-order valence-electron chi connectivity index (χ4n) is 0.576. The molecular formula is C7H4F3Li. The Balaban J connectivity index is 0.000001000. The van der Waals surface area contributed by atoms with Crippen molar-refractivity contribution in [1.82, 2.24) is 0 Å². The molecule has 0 saturated heterocycles. The predicted molar refractivity (Wildman–Crippen MR) is 30.3 cm³/mol. The van der Waals surface area contributed by atoms with E-state index in [2.05, 4.69) is 6.07 Å². The summed E-state index contributed by atoms with van der Waals surface area (Å²) in [7, 11) is 0. The molecule has 11 heavy (non-hydrogen) atoms. The maximum Gasteiger partial charge on any atom is 1.00 e.